The zero-order valence-electron chi connectivity index (χ0n) is 9.61. The summed E-state index contributed by atoms with van der Waals surface area (Å²) in [6.45, 7) is 0. The van der Waals surface area contributed by atoms with Gasteiger partial charge in [-0.15, -0.1) is 0 Å². The highest BCUT2D eigenvalue weighted by Gasteiger charge is 2.23. The number of amides is 1. The molecule has 0 aliphatic heterocycles. The Morgan fingerprint density at radius 3 is 2.00 bits per heavy atom. The summed E-state index contributed by atoms with van der Waals surface area (Å²) in [5.74, 6) is 1.50. The summed E-state index contributed by atoms with van der Waals surface area (Å²) in [7, 11) is 0. The SMILES string of the molecule is NN(C(=O)c1ccccc1F)c1c(F)cccc1F. The number of hydrazine groups is 1. The van der Waals surface area contributed by atoms with Crippen LogP contribution in [0.25, 0.3) is 0 Å². The molecule has 0 aliphatic rings. The third kappa shape index (κ3) is 2.43. The average Bonchev–Trinajstić information content (AvgIpc) is 2.38. The number of nitrogens with zero attached hydrogens (tertiary/aromatic N) is 1. The van der Waals surface area contributed by atoms with Crippen LogP contribution in [0.15, 0.2) is 42.5 Å². The summed E-state index contributed by atoms with van der Waals surface area (Å²) in [4.78, 5) is 11.9. The van der Waals surface area contributed by atoms with Gasteiger partial charge in [0, 0.05) is 0 Å². The number of nitrogens with two attached hydrogens (primary N) is 1. The first-order valence-corrected chi connectivity index (χ1v) is 5.30. The van der Waals surface area contributed by atoms with Gasteiger partial charge in [0.05, 0.1) is 5.56 Å². The van der Waals surface area contributed by atoms with Crippen molar-refractivity contribution in [2.75, 3.05) is 5.01 Å². The first kappa shape index (κ1) is 13.1. The van der Waals surface area contributed by atoms with Gasteiger partial charge in [-0.3, -0.25) is 4.79 Å². The fourth-order valence-corrected chi connectivity index (χ4v) is 1.59. The lowest BCUT2D eigenvalue weighted by atomic mass is 10.2. The predicted molar refractivity (Wildman–Crippen MR) is 63.8 cm³/mol. The van der Waals surface area contributed by atoms with Crippen molar-refractivity contribution in [1.29, 1.82) is 0 Å². The molecule has 19 heavy (non-hydrogen) atoms. The average molecular weight is 266 g/mol. The van der Waals surface area contributed by atoms with Gasteiger partial charge in [0.1, 0.15) is 11.5 Å². The highest BCUT2D eigenvalue weighted by Crippen LogP contribution is 2.22. The van der Waals surface area contributed by atoms with Crippen LogP contribution in [-0.2, 0) is 0 Å². The quantitative estimate of drug-likeness (QED) is 0.516. The van der Waals surface area contributed by atoms with E-state index < -0.39 is 29.0 Å². The molecule has 0 saturated carbocycles. The summed E-state index contributed by atoms with van der Waals surface area (Å²) < 4.78 is 40.4. The van der Waals surface area contributed by atoms with E-state index in [-0.39, 0.29) is 10.6 Å². The topological polar surface area (TPSA) is 46.3 Å². The molecule has 0 bridgehead atoms. The number of anilines is 1. The molecular formula is C13H9F3N2O. The minimum absolute atomic E-state index is 0.253. The Balaban J connectivity index is 2.43. The van der Waals surface area contributed by atoms with Crippen molar-refractivity contribution in [3.05, 3.63) is 65.5 Å². The van der Waals surface area contributed by atoms with Gasteiger partial charge in [-0.1, -0.05) is 18.2 Å². The second-order valence-electron chi connectivity index (χ2n) is 3.73. The minimum atomic E-state index is -1.04. The summed E-state index contributed by atoms with van der Waals surface area (Å²) in [5.41, 5.74) is -1.09. The molecule has 0 unspecified atom stereocenters. The number of hydrogen-bond acceptors (Lipinski definition) is 2. The Kier molecular flexibility index (Phi) is 3.52. The highest BCUT2D eigenvalue weighted by atomic mass is 19.1. The van der Waals surface area contributed by atoms with E-state index >= 15 is 0 Å². The van der Waals surface area contributed by atoms with Crippen molar-refractivity contribution in [2.24, 2.45) is 5.84 Å². The number of carbonyl (C=O) groups is 1. The van der Waals surface area contributed by atoms with E-state index in [0.29, 0.717) is 0 Å². The van der Waals surface area contributed by atoms with Crippen LogP contribution in [0.4, 0.5) is 18.9 Å². The molecule has 0 aliphatic carbocycles. The first-order valence-electron chi connectivity index (χ1n) is 5.30. The predicted octanol–water partition coefficient (Wildman–Crippen LogP) is 2.62. The Morgan fingerprint density at radius 2 is 1.42 bits per heavy atom. The number of rotatable bonds is 2. The van der Waals surface area contributed by atoms with Crippen LogP contribution in [0.1, 0.15) is 10.4 Å². The first-order chi connectivity index (χ1) is 9.02. The van der Waals surface area contributed by atoms with Gasteiger partial charge in [-0.2, -0.15) is 0 Å². The van der Waals surface area contributed by atoms with Crippen molar-refractivity contribution in [3.63, 3.8) is 0 Å². The molecule has 2 rings (SSSR count). The fraction of sp³-hybridized carbons (Fsp3) is 0. The van der Waals surface area contributed by atoms with E-state index in [0.717, 1.165) is 24.3 Å². The number of para-hydroxylation sites is 1. The van der Waals surface area contributed by atoms with Crippen LogP contribution in [0.3, 0.4) is 0 Å². The highest BCUT2D eigenvalue weighted by molar-refractivity contribution is 6.05. The van der Waals surface area contributed by atoms with E-state index in [1.807, 2.05) is 0 Å². The molecule has 0 spiro atoms. The van der Waals surface area contributed by atoms with E-state index in [1.165, 1.54) is 18.2 Å². The van der Waals surface area contributed by atoms with E-state index in [2.05, 4.69) is 0 Å². The molecule has 0 saturated heterocycles. The summed E-state index contributed by atoms with van der Waals surface area (Å²) >= 11 is 0. The molecule has 2 aromatic rings. The molecule has 2 N–H and O–H groups in total. The number of hydrogen-bond donors (Lipinski definition) is 1. The molecule has 98 valence electrons. The van der Waals surface area contributed by atoms with Gasteiger partial charge >= 0.3 is 0 Å². The Bertz CT molecular complexity index is 611. The van der Waals surface area contributed by atoms with Gasteiger partial charge in [-0.05, 0) is 24.3 Å². The fourth-order valence-electron chi connectivity index (χ4n) is 1.59. The second kappa shape index (κ2) is 5.11. The van der Waals surface area contributed by atoms with Gasteiger partial charge in [0.15, 0.2) is 11.6 Å². The molecule has 0 heterocycles. The van der Waals surface area contributed by atoms with Crippen LogP contribution in [-0.4, -0.2) is 5.91 Å². The number of benzene rings is 2. The van der Waals surface area contributed by atoms with Crippen molar-refractivity contribution in [3.8, 4) is 0 Å². The van der Waals surface area contributed by atoms with Gasteiger partial charge in [0.25, 0.3) is 5.91 Å². The summed E-state index contributed by atoms with van der Waals surface area (Å²) in [6.07, 6.45) is 0. The number of halogens is 3. The zero-order chi connectivity index (χ0) is 14.0. The maximum Gasteiger partial charge on any atom is 0.275 e. The van der Waals surface area contributed by atoms with Crippen molar-refractivity contribution in [2.45, 2.75) is 0 Å². The number of carbonyl (C=O) groups excluding carboxylic acids is 1. The van der Waals surface area contributed by atoms with E-state index in [9.17, 15) is 18.0 Å². The lowest BCUT2D eigenvalue weighted by Crippen LogP contribution is -2.39. The molecule has 1 amide bonds. The Labute approximate surface area is 107 Å². The molecule has 0 atom stereocenters. The maximum atomic E-state index is 13.5. The van der Waals surface area contributed by atoms with Gasteiger partial charge < -0.3 is 0 Å². The summed E-state index contributed by atoms with van der Waals surface area (Å²) in [6, 6.07) is 8.07. The third-order valence-electron chi connectivity index (χ3n) is 2.50. The van der Waals surface area contributed by atoms with E-state index in [1.54, 1.807) is 0 Å². The zero-order valence-corrected chi connectivity index (χ0v) is 9.61. The molecule has 2 aromatic carbocycles. The summed E-state index contributed by atoms with van der Waals surface area (Å²) in [5, 5.41) is 0.253. The monoisotopic (exact) mass is 266 g/mol. The smallest absolute Gasteiger partial charge is 0.267 e. The van der Waals surface area contributed by atoms with Crippen LogP contribution >= 0.6 is 0 Å². The normalized spacial score (nSPS) is 10.3. The molecule has 6 heteroatoms. The van der Waals surface area contributed by atoms with Gasteiger partial charge in [-0.25, -0.2) is 24.0 Å². The largest absolute Gasteiger partial charge is 0.275 e. The van der Waals surface area contributed by atoms with Crippen LogP contribution < -0.4 is 10.9 Å². The Morgan fingerprint density at radius 1 is 0.895 bits per heavy atom. The molecule has 0 fully saturated rings. The lowest BCUT2D eigenvalue weighted by molar-refractivity contribution is 0.0981. The molecule has 3 nitrogen and oxygen atoms in total. The van der Waals surface area contributed by atoms with E-state index in [4.69, 9.17) is 5.84 Å². The lowest BCUT2D eigenvalue weighted by Gasteiger charge is -2.18. The standard InChI is InChI=1S/C13H9F3N2O/c14-9-5-2-1-4-8(9)13(19)18(17)12-10(15)6-3-7-11(12)16/h1-7H,17H2. The second-order valence-corrected chi connectivity index (χ2v) is 3.73. The minimum Gasteiger partial charge on any atom is -0.267 e. The maximum absolute atomic E-state index is 13.5. The van der Waals surface area contributed by atoms with Crippen molar-refractivity contribution in [1.82, 2.24) is 0 Å². The van der Waals surface area contributed by atoms with Crippen molar-refractivity contribution < 1.29 is 18.0 Å². The van der Waals surface area contributed by atoms with Crippen molar-refractivity contribution >= 4 is 11.6 Å². The molecule has 0 radical (unpaired) electrons. The van der Waals surface area contributed by atoms with Crippen LogP contribution in [0.5, 0.6) is 0 Å². The molecular weight excluding hydrogens is 257 g/mol. The molecule has 0 aromatic heterocycles. The van der Waals surface area contributed by atoms with Crippen LogP contribution in [0, 0.1) is 17.5 Å². The van der Waals surface area contributed by atoms with Crippen LogP contribution in [0.2, 0.25) is 0 Å². The third-order valence-corrected chi connectivity index (χ3v) is 2.50. The van der Waals surface area contributed by atoms with Gasteiger partial charge in [0.2, 0.25) is 0 Å². The Hall–Kier alpha value is -2.34.